The van der Waals surface area contributed by atoms with Gasteiger partial charge in [-0.05, 0) is 52.7 Å². The smallest absolute Gasteiger partial charge is 0.258 e. The summed E-state index contributed by atoms with van der Waals surface area (Å²) in [6, 6.07) is 10.6. The van der Waals surface area contributed by atoms with Crippen molar-refractivity contribution in [1.29, 1.82) is 0 Å². The fourth-order valence-corrected chi connectivity index (χ4v) is 2.13. The Kier molecular flexibility index (Phi) is 3.99. The number of benzene rings is 1. The van der Waals surface area contributed by atoms with Crippen LogP contribution in [0.5, 0.6) is 0 Å². The molecule has 0 radical (unpaired) electrons. The number of anilines is 1. The fraction of sp³-hybridized carbons (Fsp3) is 0.0769. The molecule has 3 nitrogen and oxygen atoms in total. The molecular formula is C13H10BrClN2O. The molecule has 2 aromatic rings. The highest BCUT2D eigenvalue weighted by atomic mass is 79.9. The van der Waals surface area contributed by atoms with Crippen molar-refractivity contribution >= 4 is 39.3 Å². The van der Waals surface area contributed by atoms with E-state index in [2.05, 4.69) is 26.2 Å². The molecule has 0 saturated heterocycles. The number of amides is 1. The second-order valence-corrected chi connectivity index (χ2v) is 5.00. The largest absolute Gasteiger partial charge is 0.306 e. The van der Waals surface area contributed by atoms with E-state index >= 15 is 0 Å². The zero-order valence-corrected chi connectivity index (χ0v) is 11.9. The van der Waals surface area contributed by atoms with Crippen molar-refractivity contribution in [3.63, 3.8) is 0 Å². The van der Waals surface area contributed by atoms with E-state index in [4.69, 9.17) is 11.6 Å². The minimum absolute atomic E-state index is 0.273. The number of pyridine rings is 1. The summed E-state index contributed by atoms with van der Waals surface area (Å²) in [5, 5.41) is 3.13. The van der Waals surface area contributed by atoms with Gasteiger partial charge in [-0.25, -0.2) is 4.98 Å². The van der Waals surface area contributed by atoms with E-state index in [1.807, 2.05) is 13.0 Å². The molecule has 0 spiro atoms. The molecular weight excluding hydrogens is 316 g/mol. The van der Waals surface area contributed by atoms with Gasteiger partial charge in [-0.2, -0.15) is 0 Å². The lowest BCUT2D eigenvalue weighted by Crippen LogP contribution is -2.13. The van der Waals surface area contributed by atoms with Crippen LogP contribution in [0, 0.1) is 6.92 Å². The van der Waals surface area contributed by atoms with Crippen LogP contribution in [0.2, 0.25) is 5.02 Å². The molecule has 1 amide bonds. The molecule has 0 bridgehead atoms. The fourth-order valence-electron chi connectivity index (χ4n) is 1.47. The summed E-state index contributed by atoms with van der Waals surface area (Å²) in [6.07, 6.45) is 0. The van der Waals surface area contributed by atoms with Crippen molar-refractivity contribution in [1.82, 2.24) is 4.98 Å². The number of aryl methyl sites for hydroxylation is 1. The zero-order chi connectivity index (χ0) is 13.1. The van der Waals surface area contributed by atoms with Gasteiger partial charge in [0.1, 0.15) is 10.4 Å². The lowest BCUT2D eigenvalue weighted by molar-refractivity contribution is 0.102. The highest BCUT2D eigenvalue weighted by molar-refractivity contribution is 9.10. The number of nitrogens with zero attached hydrogens (tertiary/aromatic N) is 1. The van der Waals surface area contributed by atoms with Crippen molar-refractivity contribution in [2.75, 3.05) is 5.32 Å². The maximum atomic E-state index is 12.0. The number of aromatic nitrogens is 1. The summed E-state index contributed by atoms with van der Waals surface area (Å²) in [5.41, 5.74) is 1.45. The number of carbonyl (C=O) groups is 1. The lowest BCUT2D eigenvalue weighted by Gasteiger charge is -2.06. The number of carbonyl (C=O) groups excluding carboxylic acids is 1. The normalized spacial score (nSPS) is 10.2. The van der Waals surface area contributed by atoms with Crippen LogP contribution in [0.3, 0.4) is 0 Å². The van der Waals surface area contributed by atoms with Crippen molar-refractivity contribution in [3.8, 4) is 0 Å². The third kappa shape index (κ3) is 3.09. The van der Waals surface area contributed by atoms with Gasteiger partial charge in [-0.3, -0.25) is 4.79 Å². The minimum atomic E-state index is -0.273. The van der Waals surface area contributed by atoms with E-state index in [1.54, 1.807) is 30.3 Å². The molecule has 1 heterocycles. The first-order valence-electron chi connectivity index (χ1n) is 5.26. The van der Waals surface area contributed by atoms with E-state index in [0.29, 0.717) is 21.0 Å². The number of hydrogen-bond donors (Lipinski definition) is 1. The van der Waals surface area contributed by atoms with Crippen LogP contribution in [0.4, 0.5) is 5.82 Å². The van der Waals surface area contributed by atoms with Crippen LogP contribution in [-0.4, -0.2) is 10.9 Å². The molecule has 0 fully saturated rings. The first kappa shape index (κ1) is 13.1. The molecule has 0 saturated carbocycles. The summed E-state index contributed by atoms with van der Waals surface area (Å²) in [4.78, 5) is 16.1. The van der Waals surface area contributed by atoms with Gasteiger partial charge in [0, 0.05) is 0 Å². The standard InChI is InChI=1S/C13H10BrClN2O/c1-8-5-6-9(10(15)7-8)13(18)17-12-4-2-3-11(14)16-12/h2-7H,1H3,(H,16,17,18). The number of halogens is 2. The van der Waals surface area contributed by atoms with Gasteiger partial charge < -0.3 is 5.32 Å². The van der Waals surface area contributed by atoms with E-state index in [-0.39, 0.29) is 5.91 Å². The van der Waals surface area contributed by atoms with Crippen LogP contribution in [0.15, 0.2) is 41.0 Å². The third-order valence-corrected chi connectivity index (χ3v) is 3.08. The highest BCUT2D eigenvalue weighted by Gasteiger charge is 2.11. The third-order valence-electron chi connectivity index (χ3n) is 2.33. The molecule has 0 aliphatic carbocycles. The predicted molar refractivity (Wildman–Crippen MR) is 76.1 cm³/mol. The summed E-state index contributed by atoms with van der Waals surface area (Å²) in [6.45, 7) is 1.92. The van der Waals surface area contributed by atoms with Gasteiger partial charge in [-0.15, -0.1) is 0 Å². The molecule has 0 atom stereocenters. The van der Waals surface area contributed by atoms with Gasteiger partial charge in [-0.1, -0.05) is 23.7 Å². The molecule has 0 aliphatic heterocycles. The van der Waals surface area contributed by atoms with Crippen LogP contribution >= 0.6 is 27.5 Å². The summed E-state index contributed by atoms with van der Waals surface area (Å²) >= 11 is 9.28. The molecule has 2 rings (SSSR count). The second-order valence-electron chi connectivity index (χ2n) is 3.78. The number of rotatable bonds is 2. The Morgan fingerprint density at radius 1 is 1.33 bits per heavy atom. The molecule has 18 heavy (non-hydrogen) atoms. The maximum Gasteiger partial charge on any atom is 0.258 e. The monoisotopic (exact) mass is 324 g/mol. The van der Waals surface area contributed by atoms with Gasteiger partial charge in [0.15, 0.2) is 0 Å². The lowest BCUT2D eigenvalue weighted by atomic mass is 10.1. The van der Waals surface area contributed by atoms with Gasteiger partial charge >= 0.3 is 0 Å². The van der Waals surface area contributed by atoms with Crippen LogP contribution in [0.25, 0.3) is 0 Å². The SMILES string of the molecule is Cc1ccc(C(=O)Nc2cccc(Br)n2)c(Cl)c1. The Labute approximate surface area is 118 Å². The van der Waals surface area contributed by atoms with Gasteiger partial charge in [0.2, 0.25) is 0 Å². The summed E-state index contributed by atoms with van der Waals surface area (Å²) < 4.78 is 0.662. The average Bonchev–Trinajstić information content (AvgIpc) is 2.28. The Morgan fingerprint density at radius 3 is 2.78 bits per heavy atom. The Bertz CT molecular complexity index is 601. The topological polar surface area (TPSA) is 42.0 Å². The quantitative estimate of drug-likeness (QED) is 0.846. The molecule has 1 aromatic carbocycles. The summed E-state index contributed by atoms with van der Waals surface area (Å²) in [5.74, 6) is 0.205. The van der Waals surface area contributed by atoms with Crippen LogP contribution < -0.4 is 5.32 Å². The average molecular weight is 326 g/mol. The molecule has 1 N–H and O–H groups in total. The summed E-state index contributed by atoms with van der Waals surface area (Å²) in [7, 11) is 0. The van der Waals surface area contributed by atoms with Crippen molar-refractivity contribution < 1.29 is 4.79 Å². The molecule has 5 heteroatoms. The highest BCUT2D eigenvalue weighted by Crippen LogP contribution is 2.19. The van der Waals surface area contributed by atoms with Crippen molar-refractivity contribution in [2.24, 2.45) is 0 Å². The number of nitrogens with one attached hydrogen (secondary N) is 1. The van der Waals surface area contributed by atoms with Gasteiger partial charge in [0.05, 0.1) is 10.6 Å². The van der Waals surface area contributed by atoms with Gasteiger partial charge in [0.25, 0.3) is 5.91 Å². The van der Waals surface area contributed by atoms with E-state index < -0.39 is 0 Å². The number of hydrogen-bond acceptors (Lipinski definition) is 2. The Morgan fingerprint density at radius 2 is 2.11 bits per heavy atom. The second kappa shape index (κ2) is 5.50. The Balaban J connectivity index is 2.22. The molecule has 0 aliphatic rings. The van der Waals surface area contributed by atoms with Crippen molar-refractivity contribution in [3.05, 3.63) is 57.2 Å². The minimum Gasteiger partial charge on any atom is -0.306 e. The first-order chi connectivity index (χ1) is 8.56. The van der Waals surface area contributed by atoms with E-state index in [9.17, 15) is 4.79 Å². The zero-order valence-electron chi connectivity index (χ0n) is 9.58. The molecule has 1 aromatic heterocycles. The maximum absolute atomic E-state index is 12.0. The molecule has 92 valence electrons. The van der Waals surface area contributed by atoms with E-state index in [1.165, 1.54) is 0 Å². The van der Waals surface area contributed by atoms with Crippen molar-refractivity contribution in [2.45, 2.75) is 6.92 Å². The molecule has 0 unspecified atom stereocenters. The first-order valence-corrected chi connectivity index (χ1v) is 6.43. The predicted octanol–water partition coefficient (Wildman–Crippen LogP) is 4.06. The van der Waals surface area contributed by atoms with Crippen LogP contribution in [-0.2, 0) is 0 Å². The Hall–Kier alpha value is -1.39. The van der Waals surface area contributed by atoms with Crippen LogP contribution in [0.1, 0.15) is 15.9 Å². The van der Waals surface area contributed by atoms with E-state index in [0.717, 1.165) is 5.56 Å².